The summed E-state index contributed by atoms with van der Waals surface area (Å²) in [5, 5.41) is 10.4. The first-order chi connectivity index (χ1) is 10.1. The zero-order chi connectivity index (χ0) is 16.8. The van der Waals surface area contributed by atoms with Crippen LogP contribution in [0.3, 0.4) is 0 Å². The van der Waals surface area contributed by atoms with Gasteiger partial charge in [-0.1, -0.05) is 6.92 Å². The summed E-state index contributed by atoms with van der Waals surface area (Å²) in [5.74, 6) is -1.01. The van der Waals surface area contributed by atoms with Crippen molar-refractivity contribution in [3.05, 3.63) is 11.6 Å². The number of allylic oxidation sites excluding steroid dienone is 1. The lowest BCUT2D eigenvalue weighted by Gasteiger charge is -2.56. The number of ketones is 1. The molecule has 1 spiro atoms. The molecular weight excluding hydrogens is 284 g/mol. The van der Waals surface area contributed by atoms with Crippen LogP contribution in [0, 0.1) is 5.92 Å². The van der Waals surface area contributed by atoms with Gasteiger partial charge in [-0.2, -0.15) is 0 Å². The molecule has 5 nitrogen and oxygen atoms in total. The molecule has 1 saturated heterocycles. The summed E-state index contributed by atoms with van der Waals surface area (Å²) in [6.07, 6.45) is 3.14. The first kappa shape index (κ1) is 17.6. The quantitative estimate of drug-likeness (QED) is 0.810. The van der Waals surface area contributed by atoms with Crippen molar-refractivity contribution in [2.24, 2.45) is 5.92 Å². The monoisotopic (exact) mass is 312 g/mol. The maximum atomic E-state index is 12.4. The van der Waals surface area contributed by atoms with Crippen molar-refractivity contribution in [1.82, 2.24) is 0 Å². The summed E-state index contributed by atoms with van der Waals surface area (Å²) >= 11 is 0. The molecule has 1 heterocycles. The fourth-order valence-electron chi connectivity index (χ4n) is 3.74. The van der Waals surface area contributed by atoms with E-state index in [4.69, 9.17) is 14.2 Å². The lowest BCUT2D eigenvalue weighted by atomic mass is 9.68. The maximum absolute atomic E-state index is 12.4. The Hall–Kier alpha value is -0.750. The molecule has 2 rings (SSSR count). The predicted molar refractivity (Wildman–Crippen MR) is 82.4 cm³/mol. The van der Waals surface area contributed by atoms with E-state index in [1.165, 1.54) is 0 Å². The average molecular weight is 312 g/mol. The average Bonchev–Trinajstić information content (AvgIpc) is 2.44. The second-order valence-electron chi connectivity index (χ2n) is 7.13. The van der Waals surface area contributed by atoms with Crippen LogP contribution in [-0.2, 0) is 19.0 Å². The summed E-state index contributed by atoms with van der Waals surface area (Å²) in [6, 6.07) is 0. The van der Waals surface area contributed by atoms with Gasteiger partial charge >= 0.3 is 0 Å². The number of rotatable bonds is 3. The van der Waals surface area contributed by atoms with Gasteiger partial charge in [0.1, 0.15) is 5.60 Å². The molecule has 0 unspecified atom stereocenters. The van der Waals surface area contributed by atoms with Crippen LogP contribution in [0.1, 0.15) is 47.0 Å². The molecule has 0 radical (unpaired) electrons. The largest absolute Gasteiger partial charge is 0.388 e. The number of aliphatic hydroxyl groups is 1. The first-order valence-corrected chi connectivity index (χ1v) is 7.85. The van der Waals surface area contributed by atoms with Crippen LogP contribution in [0.2, 0.25) is 0 Å². The highest BCUT2D eigenvalue weighted by Crippen LogP contribution is 2.51. The molecule has 126 valence electrons. The molecule has 1 aliphatic carbocycles. The highest BCUT2D eigenvalue weighted by molar-refractivity contribution is 5.97. The number of methoxy groups -OCH3 is 2. The predicted octanol–water partition coefficient (Wildman–Crippen LogP) is 2.22. The Bertz CT molecular complexity index is 472. The smallest absolute Gasteiger partial charge is 0.218 e. The molecule has 0 saturated carbocycles. The number of carbonyl (C=O) groups excluding carboxylic acids is 1. The zero-order valence-corrected chi connectivity index (χ0v) is 14.4. The maximum Gasteiger partial charge on any atom is 0.218 e. The van der Waals surface area contributed by atoms with Crippen LogP contribution in [0.4, 0.5) is 0 Å². The van der Waals surface area contributed by atoms with Gasteiger partial charge in [-0.3, -0.25) is 4.79 Å². The summed E-state index contributed by atoms with van der Waals surface area (Å²) in [4.78, 5) is 12.4. The van der Waals surface area contributed by atoms with Gasteiger partial charge in [0.2, 0.25) is 5.79 Å². The molecule has 0 aromatic carbocycles. The number of Topliss-reactive ketones (excluding diaryl/α,β-unsaturated/α-hetero) is 1. The minimum Gasteiger partial charge on any atom is -0.388 e. The van der Waals surface area contributed by atoms with Gasteiger partial charge in [0, 0.05) is 20.6 Å². The lowest BCUT2D eigenvalue weighted by Crippen LogP contribution is -2.68. The van der Waals surface area contributed by atoms with Crippen LogP contribution in [0.15, 0.2) is 11.6 Å². The third-order valence-electron chi connectivity index (χ3n) is 5.26. The van der Waals surface area contributed by atoms with E-state index in [-0.39, 0.29) is 24.2 Å². The van der Waals surface area contributed by atoms with E-state index in [9.17, 15) is 9.90 Å². The van der Waals surface area contributed by atoms with Crippen LogP contribution >= 0.6 is 0 Å². The molecule has 0 aromatic heterocycles. The van der Waals surface area contributed by atoms with Crippen molar-refractivity contribution in [2.75, 3.05) is 14.2 Å². The van der Waals surface area contributed by atoms with Crippen LogP contribution in [0.5, 0.6) is 0 Å². The van der Waals surface area contributed by atoms with E-state index in [1.807, 2.05) is 0 Å². The van der Waals surface area contributed by atoms with Crippen LogP contribution in [0.25, 0.3) is 0 Å². The second-order valence-corrected chi connectivity index (χ2v) is 7.13. The van der Waals surface area contributed by atoms with E-state index in [0.717, 1.165) is 12.8 Å². The fourth-order valence-corrected chi connectivity index (χ4v) is 3.74. The number of ether oxygens (including phenoxy) is 3. The van der Waals surface area contributed by atoms with Gasteiger partial charge in [0.05, 0.1) is 11.7 Å². The summed E-state index contributed by atoms with van der Waals surface area (Å²) in [6.45, 7) is 7.28. The molecule has 0 bridgehead atoms. The number of hydrogen-bond acceptors (Lipinski definition) is 5. The molecule has 0 aromatic rings. The van der Waals surface area contributed by atoms with E-state index < -0.39 is 17.0 Å². The molecular formula is C17H28O5. The Morgan fingerprint density at radius 2 is 1.91 bits per heavy atom. The molecule has 1 fully saturated rings. The summed E-state index contributed by atoms with van der Waals surface area (Å²) < 4.78 is 17.8. The van der Waals surface area contributed by atoms with E-state index >= 15 is 0 Å². The van der Waals surface area contributed by atoms with Crippen molar-refractivity contribution in [2.45, 2.75) is 70.1 Å². The summed E-state index contributed by atoms with van der Waals surface area (Å²) in [7, 11) is 3.13. The van der Waals surface area contributed by atoms with Crippen molar-refractivity contribution in [3.8, 4) is 0 Å². The van der Waals surface area contributed by atoms with Crippen molar-refractivity contribution >= 4 is 5.78 Å². The SMILES string of the molecule is COC1(OC)C=C(C)C(=O)C[C@]12O[C@H](C(C)(C)O)CC[C@H]2C. The highest BCUT2D eigenvalue weighted by atomic mass is 16.7. The third-order valence-corrected chi connectivity index (χ3v) is 5.26. The Balaban J connectivity index is 2.53. The van der Waals surface area contributed by atoms with Gasteiger partial charge < -0.3 is 19.3 Å². The van der Waals surface area contributed by atoms with Gasteiger partial charge in [-0.15, -0.1) is 0 Å². The van der Waals surface area contributed by atoms with E-state index in [2.05, 4.69) is 6.92 Å². The molecule has 1 aliphatic heterocycles. The minimum absolute atomic E-state index is 0.0352. The lowest BCUT2D eigenvalue weighted by molar-refractivity contribution is -0.339. The topological polar surface area (TPSA) is 65.0 Å². The second kappa shape index (κ2) is 5.71. The van der Waals surface area contributed by atoms with Gasteiger partial charge in [0.25, 0.3) is 0 Å². The Kier molecular flexibility index (Phi) is 4.57. The standard InChI is InChI=1S/C17H28O5/c1-11-9-17(20-5,21-6)16(10-13(11)18)12(2)7-8-14(22-16)15(3,4)19/h9,12,14,19H,7-8,10H2,1-6H3/t12-,14+,16-/m1/s1. The molecule has 22 heavy (non-hydrogen) atoms. The van der Waals surface area contributed by atoms with Gasteiger partial charge in [0.15, 0.2) is 5.78 Å². The zero-order valence-electron chi connectivity index (χ0n) is 14.4. The molecule has 1 N–H and O–H groups in total. The molecule has 0 amide bonds. The van der Waals surface area contributed by atoms with Crippen molar-refractivity contribution in [3.63, 3.8) is 0 Å². The fraction of sp³-hybridized carbons (Fsp3) is 0.824. The molecule has 2 aliphatic rings. The van der Waals surface area contributed by atoms with Crippen molar-refractivity contribution < 1.29 is 24.1 Å². The molecule has 5 heteroatoms. The number of carbonyl (C=O) groups is 1. The summed E-state index contributed by atoms with van der Waals surface area (Å²) in [5.41, 5.74) is -1.29. The van der Waals surface area contributed by atoms with Gasteiger partial charge in [-0.05, 0) is 51.2 Å². The van der Waals surface area contributed by atoms with E-state index in [1.54, 1.807) is 41.1 Å². The van der Waals surface area contributed by atoms with E-state index in [0.29, 0.717) is 5.57 Å². The Labute approximate surface area is 132 Å². The van der Waals surface area contributed by atoms with Crippen LogP contribution < -0.4 is 0 Å². The number of hydrogen-bond donors (Lipinski definition) is 1. The highest BCUT2D eigenvalue weighted by Gasteiger charge is 2.62. The first-order valence-electron chi connectivity index (χ1n) is 7.85. The van der Waals surface area contributed by atoms with Gasteiger partial charge in [-0.25, -0.2) is 0 Å². The third kappa shape index (κ3) is 2.54. The van der Waals surface area contributed by atoms with Crippen LogP contribution in [-0.4, -0.2) is 48.2 Å². The Morgan fingerprint density at radius 1 is 1.32 bits per heavy atom. The normalized spacial score (nSPS) is 35.6. The molecule has 3 atom stereocenters. The Morgan fingerprint density at radius 3 is 2.41 bits per heavy atom. The minimum atomic E-state index is -1.12. The van der Waals surface area contributed by atoms with Crippen molar-refractivity contribution in [1.29, 1.82) is 0 Å².